The number of nitrogens with zero attached hydrogens (tertiary/aromatic N) is 3. The Morgan fingerprint density at radius 3 is 2.83 bits per heavy atom. The van der Waals surface area contributed by atoms with E-state index in [4.69, 9.17) is 0 Å². The van der Waals surface area contributed by atoms with Crippen LogP contribution in [0.25, 0.3) is 10.9 Å². The van der Waals surface area contributed by atoms with Crippen molar-refractivity contribution >= 4 is 22.6 Å². The third-order valence-electron chi connectivity index (χ3n) is 3.47. The molecule has 0 bridgehead atoms. The number of para-hydroxylation sites is 1. The van der Waals surface area contributed by atoms with Crippen LogP contribution in [-0.2, 0) is 11.3 Å². The fourth-order valence-corrected chi connectivity index (χ4v) is 2.31. The monoisotopic (exact) mass is 308 g/mol. The number of aromatic nitrogens is 3. The summed E-state index contributed by atoms with van der Waals surface area (Å²) >= 11 is 0. The third kappa shape index (κ3) is 3.42. The fraction of sp³-hybridized carbons (Fsp3) is 0.176. The Morgan fingerprint density at radius 1 is 1.17 bits per heavy atom. The molecule has 2 heterocycles. The summed E-state index contributed by atoms with van der Waals surface area (Å²) in [6, 6.07) is 12.6. The van der Waals surface area contributed by atoms with Crippen molar-refractivity contribution in [3.63, 3.8) is 0 Å². The number of rotatable bonds is 4. The summed E-state index contributed by atoms with van der Waals surface area (Å²) in [6.45, 7) is 2.13. The number of aryl methyl sites for hydroxylation is 2. The molecule has 0 saturated heterocycles. The van der Waals surface area contributed by atoms with Crippen LogP contribution in [0.15, 0.2) is 53.6 Å². The number of carbonyl (C=O) groups is 1. The Bertz CT molecular complexity index is 918. The van der Waals surface area contributed by atoms with Crippen LogP contribution in [0.3, 0.4) is 0 Å². The van der Waals surface area contributed by atoms with Gasteiger partial charge in [0, 0.05) is 18.7 Å². The number of nitrogens with one attached hydrogen (secondary N) is 1. The molecule has 23 heavy (non-hydrogen) atoms. The first kappa shape index (κ1) is 14.9. The van der Waals surface area contributed by atoms with Gasteiger partial charge in [-0.3, -0.25) is 14.2 Å². The van der Waals surface area contributed by atoms with Crippen molar-refractivity contribution in [2.45, 2.75) is 19.9 Å². The Morgan fingerprint density at radius 2 is 2.00 bits per heavy atom. The summed E-state index contributed by atoms with van der Waals surface area (Å²) < 4.78 is 1.45. The van der Waals surface area contributed by atoms with E-state index < -0.39 is 0 Å². The summed E-state index contributed by atoms with van der Waals surface area (Å²) in [6.07, 6.45) is 1.65. The lowest BCUT2D eigenvalue weighted by Gasteiger charge is -2.07. The average Bonchev–Trinajstić information content (AvgIpc) is 2.54. The van der Waals surface area contributed by atoms with Crippen LogP contribution in [0.4, 0.5) is 5.82 Å². The number of amides is 1. The van der Waals surface area contributed by atoms with Crippen molar-refractivity contribution in [1.29, 1.82) is 0 Å². The van der Waals surface area contributed by atoms with Gasteiger partial charge in [-0.1, -0.05) is 18.2 Å². The molecule has 1 amide bonds. The van der Waals surface area contributed by atoms with Crippen molar-refractivity contribution in [3.05, 3.63) is 64.8 Å². The predicted octanol–water partition coefficient (Wildman–Crippen LogP) is 2.13. The molecule has 0 saturated carbocycles. The molecule has 6 heteroatoms. The lowest BCUT2D eigenvalue weighted by Crippen LogP contribution is -2.23. The predicted molar refractivity (Wildman–Crippen MR) is 88.2 cm³/mol. The van der Waals surface area contributed by atoms with Gasteiger partial charge in [-0.25, -0.2) is 9.97 Å². The highest BCUT2D eigenvalue weighted by atomic mass is 16.2. The van der Waals surface area contributed by atoms with Crippen molar-refractivity contribution in [3.8, 4) is 0 Å². The lowest BCUT2D eigenvalue weighted by atomic mass is 10.2. The van der Waals surface area contributed by atoms with Gasteiger partial charge in [0.1, 0.15) is 5.82 Å². The molecule has 1 N–H and O–H groups in total. The Balaban J connectivity index is 1.70. The van der Waals surface area contributed by atoms with Gasteiger partial charge in [-0.15, -0.1) is 0 Å². The average molecular weight is 308 g/mol. The van der Waals surface area contributed by atoms with E-state index in [1.54, 1.807) is 24.3 Å². The van der Waals surface area contributed by atoms with Crippen LogP contribution in [0.1, 0.15) is 12.1 Å². The van der Waals surface area contributed by atoms with E-state index in [1.807, 2.05) is 25.1 Å². The minimum atomic E-state index is -0.192. The van der Waals surface area contributed by atoms with E-state index in [-0.39, 0.29) is 24.4 Å². The zero-order valence-electron chi connectivity index (χ0n) is 12.7. The first-order chi connectivity index (χ1) is 11.1. The molecule has 0 radical (unpaired) electrons. The van der Waals surface area contributed by atoms with Gasteiger partial charge in [0.15, 0.2) is 0 Å². The zero-order valence-corrected chi connectivity index (χ0v) is 12.7. The highest BCUT2D eigenvalue weighted by molar-refractivity contribution is 5.89. The lowest BCUT2D eigenvalue weighted by molar-refractivity contribution is -0.116. The quantitative estimate of drug-likeness (QED) is 0.801. The summed E-state index contributed by atoms with van der Waals surface area (Å²) in [4.78, 5) is 32.8. The molecule has 0 unspecified atom stereocenters. The normalized spacial score (nSPS) is 10.7. The smallest absolute Gasteiger partial charge is 0.261 e. The Kier molecular flexibility index (Phi) is 4.14. The van der Waals surface area contributed by atoms with Crippen molar-refractivity contribution in [2.24, 2.45) is 0 Å². The molecule has 0 aliphatic carbocycles. The second kappa shape index (κ2) is 6.39. The fourth-order valence-electron chi connectivity index (χ4n) is 2.31. The van der Waals surface area contributed by atoms with Crippen LogP contribution in [0.2, 0.25) is 0 Å². The van der Waals surface area contributed by atoms with Gasteiger partial charge < -0.3 is 5.32 Å². The SMILES string of the molecule is Cc1cccc(NC(=O)CCn2cnc3ccccc3c2=O)n1. The van der Waals surface area contributed by atoms with Gasteiger partial charge >= 0.3 is 0 Å². The molecule has 0 atom stereocenters. The van der Waals surface area contributed by atoms with Crippen molar-refractivity contribution in [1.82, 2.24) is 14.5 Å². The third-order valence-corrected chi connectivity index (χ3v) is 3.47. The van der Waals surface area contributed by atoms with Crippen molar-refractivity contribution < 1.29 is 4.79 Å². The van der Waals surface area contributed by atoms with E-state index in [0.717, 1.165) is 5.69 Å². The van der Waals surface area contributed by atoms with Crippen LogP contribution in [-0.4, -0.2) is 20.4 Å². The second-order valence-electron chi connectivity index (χ2n) is 5.22. The molecule has 3 rings (SSSR count). The molecule has 3 aromatic rings. The van der Waals surface area contributed by atoms with Crippen LogP contribution in [0, 0.1) is 6.92 Å². The standard InChI is InChI=1S/C17H16N4O2/c1-12-5-4-8-15(19-12)20-16(22)9-10-21-11-18-14-7-3-2-6-13(14)17(21)23/h2-8,11H,9-10H2,1H3,(H,19,20,22). The van der Waals surface area contributed by atoms with E-state index in [9.17, 15) is 9.59 Å². The van der Waals surface area contributed by atoms with E-state index in [2.05, 4.69) is 15.3 Å². The number of carbonyl (C=O) groups excluding carboxylic acids is 1. The van der Waals surface area contributed by atoms with Gasteiger partial charge in [-0.05, 0) is 31.2 Å². The van der Waals surface area contributed by atoms with E-state index >= 15 is 0 Å². The molecule has 0 spiro atoms. The van der Waals surface area contributed by atoms with E-state index in [1.165, 1.54) is 10.9 Å². The Hall–Kier alpha value is -3.02. The largest absolute Gasteiger partial charge is 0.311 e. The first-order valence-electron chi connectivity index (χ1n) is 7.31. The second-order valence-corrected chi connectivity index (χ2v) is 5.22. The first-order valence-corrected chi connectivity index (χ1v) is 7.31. The maximum atomic E-state index is 12.3. The molecular weight excluding hydrogens is 292 g/mol. The van der Waals surface area contributed by atoms with Crippen LogP contribution in [0.5, 0.6) is 0 Å². The number of hydrogen-bond acceptors (Lipinski definition) is 4. The summed E-state index contributed by atoms with van der Waals surface area (Å²) in [5.41, 5.74) is 1.34. The molecular formula is C17H16N4O2. The minimum Gasteiger partial charge on any atom is -0.311 e. The number of pyridine rings is 1. The maximum Gasteiger partial charge on any atom is 0.261 e. The van der Waals surface area contributed by atoms with Gasteiger partial charge in [0.25, 0.3) is 5.56 Å². The molecule has 2 aromatic heterocycles. The molecule has 0 fully saturated rings. The highest BCUT2D eigenvalue weighted by Gasteiger charge is 2.07. The van der Waals surface area contributed by atoms with Gasteiger partial charge in [-0.2, -0.15) is 0 Å². The van der Waals surface area contributed by atoms with Gasteiger partial charge in [0.05, 0.1) is 17.2 Å². The highest BCUT2D eigenvalue weighted by Crippen LogP contribution is 2.06. The zero-order chi connectivity index (χ0) is 16.2. The van der Waals surface area contributed by atoms with Crippen LogP contribution < -0.4 is 10.9 Å². The van der Waals surface area contributed by atoms with Crippen LogP contribution >= 0.6 is 0 Å². The van der Waals surface area contributed by atoms with Gasteiger partial charge in [0.2, 0.25) is 5.91 Å². The number of anilines is 1. The Labute approximate surface area is 132 Å². The number of hydrogen-bond donors (Lipinski definition) is 1. The maximum absolute atomic E-state index is 12.3. The van der Waals surface area contributed by atoms with Crippen molar-refractivity contribution in [2.75, 3.05) is 5.32 Å². The molecule has 116 valence electrons. The topological polar surface area (TPSA) is 76.9 Å². The molecule has 1 aromatic carbocycles. The minimum absolute atomic E-state index is 0.142. The molecule has 6 nitrogen and oxygen atoms in total. The number of fused-ring (bicyclic) bond motifs is 1. The number of benzene rings is 1. The molecule has 0 aliphatic heterocycles. The summed E-state index contributed by atoms with van der Waals surface area (Å²) in [7, 11) is 0. The summed E-state index contributed by atoms with van der Waals surface area (Å²) in [5.74, 6) is 0.321. The van der Waals surface area contributed by atoms with E-state index in [0.29, 0.717) is 16.7 Å². The molecule has 0 aliphatic rings. The summed E-state index contributed by atoms with van der Waals surface area (Å²) in [5, 5.41) is 3.28.